The fourth-order valence-electron chi connectivity index (χ4n) is 4.11. The lowest BCUT2D eigenvalue weighted by Gasteiger charge is -2.18. The van der Waals surface area contributed by atoms with Crippen molar-refractivity contribution in [1.29, 1.82) is 0 Å². The van der Waals surface area contributed by atoms with E-state index in [1.165, 1.54) is 6.07 Å². The summed E-state index contributed by atoms with van der Waals surface area (Å²) in [5.74, 6) is -1.10. The van der Waals surface area contributed by atoms with Crippen LogP contribution < -0.4 is 5.32 Å². The highest BCUT2D eigenvalue weighted by atomic mass is 16.5. The SMILES string of the molecule is CC(C)c1cccc(C(=O)O)c1NC(=O)OCC1c2ccccc2-c2ccccc21. The summed E-state index contributed by atoms with van der Waals surface area (Å²) < 4.78 is 5.57. The van der Waals surface area contributed by atoms with Gasteiger partial charge < -0.3 is 9.84 Å². The molecular weight excluding hydrogens is 378 g/mol. The van der Waals surface area contributed by atoms with Crippen LogP contribution in [0.3, 0.4) is 0 Å². The number of amides is 1. The number of fused-ring (bicyclic) bond motifs is 3. The lowest BCUT2D eigenvalue weighted by Crippen LogP contribution is -2.20. The number of aromatic carboxylic acids is 1. The molecule has 0 atom stereocenters. The second kappa shape index (κ2) is 8.03. The number of carbonyl (C=O) groups is 2. The first-order chi connectivity index (χ1) is 14.5. The fourth-order valence-corrected chi connectivity index (χ4v) is 4.11. The zero-order chi connectivity index (χ0) is 21.3. The van der Waals surface area contributed by atoms with E-state index in [0.29, 0.717) is 0 Å². The second-order valence-electron chi connectivity index (χ2n) is 7.68. The Morgan fingerprint density at radius 2 is 1.53 bits per heavy atom. The van der Waals surface area contributed by atoms with E-state index < -0.39 is 12.1 Å². The van der Waals surface area contributed by atoms with Crippen LogP contribution in [-0.4, -0.2) is 23.8 Å². The number of anilines is 1. The Labute approximate surface area is 175 Å². The number of carbonyl (C=O) groups excluding carboxylic acids is 1. The van der Waals surface area contributed by atoms with E-state index in [1.807, 2.05) is 44.2 Å². The molecule has 0 spiro atoms. The van der Waals surface area contributed by atoms with Crippen molar-refractivity contribution in [3.8, 4) is 11.1 Å². The predicted octanol–water partition coefficient (Wildman–Crippen LogP) is 5.87. The molecule has 0 aromatic heterocycles. The van der Waals surface area contributed by atoms with Crippen LogP contribution in [0.5, 0.6) is 0 Å². The van der Waals surface area contributed by atoms with E-state index in [1.54, 1.807) is 6.07 Å². The van der Waals surface area contributed by atoms with Crippen LogP contribution in [0.1, 0.15) is 52.7 Å². The molecule has 2 N–H and O–H groups in total. The van der Waals surface area contributed by atoms with Crippen LogP contribution in [-0.2, 0) is 4.74 Å². The summed E-state index contributed by atoms with van der Waals surface area (Å²) in [4.78, 5) is 24.2. The minimum atomic E-state index is -1.09. The standard InChI is InChI=1S/C25H23NO4/c1-15(2)16-12-7-13-21(24(27)28)23(16)26-25(29)30-14-22-19-10-5-3-8-17(19)18-9-4-6-11-20(18)22/h3-13,15,22H,14H2,1-2H3,(H,26,29)(H,27,28). The van der Waals surface area contributed by atoms with Gasteiger partial charge in [-0.3, -0.25) is 5.32 Å². The number of hydrogen-bond acceptors (Lipinski definition) is 3. The third-order valence-corrected chi connectivity index (χ3v) is 5.52. The zero-order valence-corrected chi connectivity index (χ0v) is 16.9. The number of rotatable bonds is 5. The molecule has 30 heavy (non-hydrogen) atoms. The molecule has 5 nitrogen and oxygen atoms in total. The largest absolute Gasteiger partial charge is 0.478 e. The normalized spacial score (nSPS) is 12.4. The van der Waals surface area contributed by atoms with Crippen molar-refractivity contribution in [3.63, 3.8) is 0 Å². The highest BCUT2D eigenvalue weighted by molar-refractivity contribution is 6.00. The average Bonchev–Trinajstić information content (AvgIpc) is 3.06. The Hall–Kier alpha value is -3.60. The number of carboxylic acids is 1. The van der Waals surface area contributed by atoms with Crippen molar-refractivity contribution in [3.05, 3.63) is 89.0 Å². The first-order valence-corrected chi connectivity index (χ1v) is 9.95. The van der Waals surface area contributed by atoms with Gasteiger partial charge in [-0.05, 0) is 39.8 Å². The monoisotopic (exact) mass is 401 g/mol. The van der Waals surface area contributed by atoms with Gasteiger partial charge in [0.15, 0.2) is 0 Å². The van der Waals surface area contributed by atoms with Gasteiger partial charge in [-0.15, -0.1) is 0 Å². The van der Waals surface area contributed by atoms with Gasteiger partial charge in [-0.2, -0.15) is 0 Å². The quantitative estimate of drug-likeness (QED) is 0.561. The molecule has 0 unspecified atom stereocenters. The first-order valence-electron chi connectivity index (χ1n) is 9.95. The molecule has 3 aromatic carbocycles. The van der Waals surface area contributed by atoms with Gasteiger partial charge in [0, 0.05) is 5.92 Å². The van der Waals surface area contributed by atoms with Gasteiger partial charge in [-0.1, -0.05) is 74.5 Å². The Balaban J connectivity index is 1.55. The molecule has 0 heterocycles. The van der Waals surface area contributed by atoms with Crippen LogP contribution in [0.25, 0.3) is 11.1 Å². The predicted molar refractivity (Wildman–Crippen MR) is 116 cm³/mol. The number of hydrogen-bond donors (Lipinski definition) is 2. The topological polar surface area (TPSA) is 75.6 Å². The van der Waals surface area contributed by atoms with E-state index in [-0.39, 0.29) is 29.7 Å². The van der Waals surface area contributed by atoms with Crippen molar-refractivity contribution in [2.75, 3.05) is 11.9 Å². The average molecular weight is 401 g/mol. The molecular formula is C25H23NO4. The van der Waals surface area contributed by atoms with Gasteiger partial charge in [0.2, 0.25) is 0 Å². The third-order valence-electron chi connectivity index (χ3n) is 5.52. The van der Waals surface area contributed by atoms with E-state index in [0.717, 1.165) is 27.8 Å². The van der Waals surface area contributed by atoms with Crippen molar-refractivity contribution >= 4 is 17.7 Å². The second-order valence-corrected chi connectivity index (χ2v) is 7.68. The summed E-state index contributed by atoms with van der Waals surface area (Å²) in [5.41, 5.74) is 5.65. The van der Waals surface area contributed by atoms with Crippen molar-refractivity contribution in [2.24, 2.45) is 0 Å². The van der Waals surface area contributed by atoms with Gasteiger partial charge in [0.1, 0.15) is 6.61 Å². The molecule has 0 radical (unpaired) electrons. The molecule has 5 heteroatoms. The lowest BCUT2D eigenvalue weighted by molar-refractivity contribution is 0.0698. The van der Waals surface area contributed by atoms with Crippen molar-refractivity contribution < 1.29 is 19.4 Å². The highest BCUT2D eigenvalue weighted by Gasteiger charge is 2.29. The highest BCUT2D eigenvalue weighted by Crippen LogP contribution is 2.44. The molecule has 1 aliphatic rings. The molecule has 152 valence electrons. The summed E-state index contributed by atoms with van der Waals surface area (Å²) in [6.45, 7) is 4.07. The maximum Gasteiger partial charge on any atom is 0.411 e. The van der Waals surface area contributed by atoms with E-state index >= 15 is 0 Å². The number of benzene rings is 3. The summed E-state index contributed by atoms with van der Waals surface area (Å²) >= 11 is 0. The molecule has 0 saturated carbocycles. The Bertz CT molecular complexity index is 1070. The zero-order valence-electron chi connectivity index (χ0n) is 16.9. The maximum atomic E-state index is 12.6. The molecule has 0 aliphatic heterocycles. The van der Waals surface area contributed by atoms with Crippen LogP contribution in [0.15, 0.2) is 66.7 Å². The Kier molecular flexibility index (Phi) is 5.27. The maximum absolute atomic E-state index is 12.6. The molecule has 1 amide bonds. The summed E-state index contributed by atoms with van der Waals surface area (Å²) in [7, 11) is 0. The molecule has 3 aromatic rings. The summed E-state index contributed by atoms with van der Waals surface area (Å²) in [5, 5.41) is 12.2. The number of nitrogens with one attached hydrogen (secondary N) is 1. The van der Waals surface area contributed by atoms with Gasteiger partial charge in [0.25, 0.3) is 0 Å². The van der Waals surface area contributed by atoms with E-state index in [2.05, 4.69) is 29.6 Å². The minimum Gasteiger partial charge on any atom is -0.478 e. The van der Waals surface area contributed by atoms with Crippen molar-refractivity contribution in [2.45, 2.75) is 25.7 Å². The first kappa shape index (κ1) is 19.7. The van der Waals surface area contributed by atoms with Crippen LogP contribution in [0, 0.1) is 0 Å². The summed E-state index contributed by atoms with van der Waals surface area (Å²) in [6, 6.07) is 21.2. The molecule has 0 bridgehead atoms. The molecule has 0 saturated heterocycles. The minimum absolute atomic E-state index is 0.0492. The van der Waals surface area contributed by atoms with Gasteiger partial charge >= 0.3 is 12.1 Å². The molecule has 1 aliphatic carbocycles. The number of ether oxygens (including phenoxy) is 1. The summed E-state index contributed by atoms with van der Waals surface area (Å²) in [6.07, 6.45) is -0.660. The molecule has 4 rings (SSSR count). The number of para-hydroxylation sites is 1. The lowest BCUT2D eigenvalue weighted by atomic mass is 9.97. The van der Waals surface area contributed by atoms with E-state index in [4.69, 9.17) is 4.74 Å². The van der Waals surface area contributed by atoms with E-state index in [9.17, 15) is 14.7 Å². The fraction of sp³-hybridized carbons (Fsp3) is 0.200. The Morgan fingerprint density at radius 3 is 2.10 bits per heavy atom. The van der Waals surface area contributed by atoms with Gasteiger partial charge in [0.05, 0.1) is 11.3 Å². The van der Waals surface area contributed by atoms with Crippen molar-refractivity contribution in [1.82, 2.24) is 0 Å². The van der Waals surface area contributed by atoms with Crippen LogP contribution in [0.2, 0.25) is 0 Å². The third kappa shape index (κ3) is 3.54. The molecule has 0 fully saturated rings. The van der Waals surface area contributed by atoms with Gasteiger partial charge in [-0.25, -0.2) is 9.59 Å². The number of carboxylic acid groups (broad SMARTS) is 1. The van der Waals surface area contributed by atoms with Crippen LogP contribution >= 0.6 is 0 Å². The smallest absolute Gasteiger partial charge is 0.411 e. The Morgan fingerprint density at radius 1 is 0.933 bits per heavy atom. The van der Waals surface area contributed by atoms with Crippen LogP contribution in [0.4, 0.5) is 10.5 Å².